The van der Waals surface area contributed by atoms with Crippen LogP contribution in [0.4, 0.5) is 0 Å². The van der Waals surface area contributed by atoms with Gasteiger partial charge in [-0.3, -0.25) is 24.0 Å². The zero-order valence-electron chi connectivity index (χ0n) is 14.0. The van der Waals surface area contributed by atoms with Crippen LogP contribution in [0.15, 0.2) is 23.0 Å². The van der Waals surface area contributed by atoms with Gasteiger partial charge < -0.3 is 0 Å². The smallest absolute Gasteiger partial charge is 0.299 e. The van der Waals surface area contributed by atoms with Gasteiger partial charge in [-0.05, 0) is 30.9 Å². The van der Waals surface area contributed by atoms with Gasteiger partial charge in [0.2, 0.25) is 12.3 Å². The number of amides is 2. The first-order valence-corrected chi connectivity index (χ1v) is 7.81. The van der Waals surface area contributed by atoms with E-state index in [0.29, 0.717) is 18.7 Å². The van der Waals surface area contributed by atoms with Crippen molar-refractivity contribution >= 4 is 23.4 Å². The van der Waals surface area contributed by atoms with Gasteiger partial charge in [0.15, 0.2) is 0 Å². The van der Waals surface area contributed by atoms with Gasteiger partial charge in [0.1, 0.15) is 0 Å². The minimum Gasteiger partial charge on any atom is -0.299 e. The number of imidazole rings is 1. The molecule has 1 aromatic carbocycles. The molecule has 6 heteroatoms. The van der Waals surface area contributed by atoms with E-state index in [4.69, 9.17) is 0 Å². The SMILES string of the molecule is CC(C)c1cccc2c1n(C)c(=O)n2C(C)CCC(=O)NC=O. The Labute approximate surface area is 135 Å². The Bertz CT molecular complexity index is 786. The molecular weight excluding hydrogens is 294 g/mol. The van der Waals surface area contributed by atoms with Gasteiger partial charge in [-0.15, -0.1) is 0 Å². The van der Waals surface area contributed by atoms with Crippen LogP contribution < -0.4 is 11.0 Å². The van der Waals surface area contributed by atoms with E-state index in [-0.39, 0.29) is 24.1 Å². The molecule has 1 aromatic heterocycles. The van der Waals surface area contributed by atoms with Gasteiger partial charge in [-0.25, -0.2) is 4.79 Å². The van der Waals surface area contributed by atoms with Crippen molar-refractivity contribution in [2.24, 2.45) is 7.05 Å². The van der Waals surface area contributed by atoms with Crippen LogP contribution in [0, 0.1) is 0 Å². The van der Waals surface area contributed by atoms with Gasteiger partial charge in [0.25, 0.3) is 0 Å². The molecule has 23 heavy (non-hydrogen) atoms. The number of para-hydroxylation sites is 1. The molecule has 0 radical (unpaired) electrons. The molecule has 0 aliphatic heterocycles. The van der Waals surface area contributed by atoms with E-state index >= 15 is 0 Å². The van der Waals surface area contributed by atoms with Crippen molar-refractivity contribution in [3.8, 4) is 0 Å². The van der Waals surface area contributed by atoms with Crippen molar-refractivity contribution in [3.05, 3.63) is 34.2 Å². The number of nitrogens with zero attached hydrogens (tertiary/aromatic N) is 2. The van der Waals surface area contributed by atoms with Crippen LogP contribution >= 0.6 is 0 Å². The van der Waals surface area contributed by atoms with Crippen LogP contribution in [0.25, 0.3) is 11.0 Å². The standard InChI is InChI=1S/C17H23N3O3/c1-11(2)13-6-5-7-14-16(13)19(4)17(23)20(14)12(3)8-9-15(22)18-10-21/h5-7,10-12H,8-9H2,1-4H3,(H,18,21,22). The number of imide groups is 1. The molecule has 0 saturated carbocycles. The summed E-state index contributed by atoms with van der Waals surface area (Å²) in [7, 11) is 1.78. The quantitative estimate of drug-likeness (QED) is 0.829. The summed E-state index contributed by atoms with van der Waals surface area (Å²) in [5, 5.41) is 2.12. The van der Waals surface area contributed by atoms with Gasteiger partial charge >= 0.3 is 5.69 Å². The first-order chi connectivity index (χ1) is 10.9. The number of carbonyl (C=O) groups excluding carboxylic acids is 2. The number of aryl methyl sites for hydroxylation is 1. The lowest BCUT2D eigenvalue weighted by molar-refractivity contribution is -0.125. The Hall–Kier alpha value is -2.37. The Morgan fingerprint density at radius 3 is 2.61 bits per heavy atom. The van der Waals surface area contributed by atoms with Crippen molar-refractivity contribution in [2.75, 3.05) is 0 Å². The molecule has 1 heterocycles. The number of carbonyl (C=O) groups is 2. The number of nitrogens with one attached hydrogen (secondary N) is 1. The number of hydrogen-bond donors (Lipinski definition) is 1. The molecule has 0 bridgehead atoms. The summed E-state index contributed by atoms with van der Waals surface area (Å²) in [6.45, 7) is 6.12. The molecule has 0 aliphatic carbocycles. The lowest BCUT2D eigenvalue weighted by Gasteiger charge is -2.13. The maximum absolute atomic E-state index is 12.6. The highest BCUT2D eigenvalue weighted by atomic mass is 16.2. The minimum atomic E-state index is -0.331. The number of aromatic nitrogens is 2. The van der Waals surface area contributed by atoms with E-state index < -0.39 is 0 Å². The van der Waals surface area contributed by atoms with Crippen molar-refractivity contribution in [1.82, 2.24) is 14.5 Å². The molecule has 0 saturated heterocycles. The van der Waals surface area contributed by atoms with E-state index in [9.17, 15) is 14.4 Å². The number of hydrogen-bond acceptors (Lipinski definition) is 3. The average molecular weight is 317 g/mol. The summed E-state index contributed by atoms with van der Waals surface area (Å²) in [6, 6.07) is 5.80. The summed E-state index contributed by atoms with van der Waals surface area (Å²) in [5.41, 5.74) is 2.87. The van der Waals surface area contributed by atoms with Crippen LogP contribution in [0.2, 0.25) is 0 Å². The van der Waals surface area contributed by atoms with Crippen molar-refractivity contribution < 1.29 is 9.59 Å². The summed E-state index contributed by atoms with van der Waals surface area (Å²) in [5.74, 6) is -0.0168. The van der Waals surface area contributed by atoms with Crippen LogP contribution in [-0.2, 0) is 16.6 Å². The number of benzene rings is 1. The third-order valence-corrected chi connectivity index (χ3v) is 4.21. The zero-order valence-corrected chi connectivity index (χ0v) is 14.0. The lowest BCUT2D eigenvalue weighted by atomic mass is 10.0. The van der Waals surface area contributed by atoms with Gasteiger partial charge in [-0.2, -0.15) is 0 Å². The first kappa shape index (κ1) is 17.0. The molecule has 0 fully saturated rings. The Balaban J connectivity index is 2.43. The lowest BCUT2D eigenvalue weighted by Crippen LogP contribution is -2.27. The van der Waals surface area contributed by atoms with Crippen molar-refractivity contribution in [2.45, 2.75) is 45.6 Å². The highest BCUT2D eigenvalue weighted by Crippen LogP contribution is 2.26. The Kier molecular flexibility index (Phi) is 5.03. The molecule has 2 amide bonds. The molecular formula is C17H23N3O3. The van der Waals surface area contributed by atoms with Crippen LogP contribution in [0.3, 0.4) is 0 Å². The third-order valence-electron chi connectivity index (χ3n) is 4.21. The Morgan fingerprint density at radius 2 is 2.00 bits per heavy atom. The number of rotatable bonds is 6. The second-order valence-electron chi connectivity index (χ2n) is 6.15. The van der Waals surface area contributed by atoms with Crippen LogP contribution in [-0.4, -0.2) is 21.5 Å². The summed E-state index contributed by atoms with van der Waals surface area (Å²) in [6.07, 6.45) is 1.07. The molecule has 1 atom stereocenters. The Morgan fingerprint density at radius 1 is 1.30 bits per heavy atom. The average Bonchev–Trinajstić information content (AvgIpc) is 2.77. The van der Waals surface area contributed by atoms with E-state index in [1.165, 1.54) is 0 Å². The molecule has 2 aromatic rings. The largest absolute Gasteiger partial charge is 0.329 e. The highest BCUT2D eigenvalue weighted by Gasteiger charge is 2.19. The maximum atomic E-state index is 12.6. The molecule has 0 aliphatic rings. The topological polar surface area (TPSA) is 73.1 Å². The molecule has 6 nitrogen and oxygen atoms in total. The predicted molar refractivity (Wildman–Crippen MR) is 89.4 cm³/mol. The number of fused-ring (bicyclic) bond motifs is 1. The fourth-order valence-corrected chi connectivity index (χ4v) is 2.97. The summed E-state index contributed by atoms with van der Waals surface area (Å²) < 4.78 is 3.40. The van der Waals surface area contributed by atoms with Gasteiger partial charge in [-0.1, -0.05) is 26.0 Å². The van der Waals surface area contributed by atoms with E-state index in [0.717, 1.165) is 16.6 Å². The molecule has 1 unspecified atom stereocenters. The van der Waals surface area contributed by atoms with Crippen LogP contribution in [0.5, 0.6) is 0 Å². The van der Waals surface area contributed by atoms with E-state index in [1.807, 2.05) is 25.1 Å². The fraction of sp³-hybridized carbons (Fsp3) is 0.471. The maximum Gasteiger partial charge on any atom is 0.329 e. The first-order valence-electron chi connectivity index (χ1n) is 7.81. The third kappa shape index (κ3) is 3.21. The summed E-state index contributed by atoms with van der Waals surface area (Å²) in [4.78, 5) is 34.4. The molecule has 1 N–H and O–H groups in total. The highest BCUT2D eigenvalue weighted by molar-refractivity contribution is 5.85. The monoisotopic (exact) mass is 317 g/mol. The minimum absolute atomic E-state index is 0.0867. The fourth-order valence-electron chi connectivity index (χ4n) is 2.97. The van der Waals surface area contributed by atoms with E-state index in [2.05, 4.69) is 19.2 Å². The second-order valence-corrected chi connectivity index (χ2v) is 6.15. The predicted octanol–water partition coefficient (Wildman–Crippen LogP) is 2.08. The normalized spacial score (nSPS) is 12.6. The van der Waals surface area contributed by atoms with E-state index in [1.54, 1.807) is 16.2 Å². The molecule has 2 rings (SSSR count). The zero-order chi connectivity index (χ0) is 17.1. The van der Waals surface area contributed by atoms with Gasteiger partial charge in [0, 0.05) is 19.5 Å². The summed E-state index contributed by atoms with van der Waals surface area (Å²) >= 11 is 0. The van der Waals surface area contributed by atoms with Crippen molar-refractivity contribution in [1.29, 1.82) is 0 Å². The van der Waals surface area contributed by atoms with Crippen molar-refractivity contribution in [3.63, 3.8) is 0 Å². The van der Waals surface area contributed by atoms with Crippen LogP contribution in [0.1, 0.15) is 51.1 Å². The molecule has 0 spiro atoms. The second kappa shape index (κ2) is 6.81. The molecule has 124 valence electrons. The van der Waals surface area contributed by atoms with Gasteiger partial charge in [0.05, 0.1) is 11.0 Å².